The number of ether oxygens (including phenoxy) is 1. The molecule has 1 N–H and O–H groups in total. The number of piperidine rings is 1. The van der Waals surface area contributed by atoms with Gasteiger partial charge in [-0.3, -0.25) is 4.79 Å². The van der Waals surface area contributed by atoms with Crippen LogP contribution in [-0.4, -0.2) is 25.5 Å². The van der Waals surface area contributed by atoms with Gasteiger partial charge >= 0.3 is 0 Å². The Balaban J connectivity index is 2.27. The molecule has 22 heavy (non-hydrogen) atoms. The Hall–Kier alpha value is -1.35. The van der Waals surface area contributed by atoms with Gasteiger partial charge in [0.1, 0.15) is 5.75 Å². The number of hydrogen-bond donors (Lipinski definition) is 1. The Bertz CT molecular complexity index is 511. The maximum atomic E-state index is 12.7. The average Bonchev–Trinajstić information content (AvgIpc) is 2.52. The molecule has 1 fully saturated rings. The van der Waals surface area contributed by atoms with Crippen molar-refractivity contribution in [3.63, 3.8) is 0 Å². The number of benzene rings is 1. The topological polar surface area (TPSA) is 38.3 Å². The fourth-order valence-corrected chi connectivity index (χ4v) is 2.93. The zero-order valence-corrected chi connectivity index (χ0v) is 14.4. The summed E-state index contributed by atoms with van der Waals surface area (Å²) in [6.07, 6.45) is 2.87. The summed E-state index contributed by atoms with van der Waals surface area (Å²) < 4.78 is 5.87. The quantitative estimate of drug-likeness (QED) is 0.837. The maximum absolute atomic E-state index is 12.7. The second kappa shape index (κ2) is 7.28. The summed E-state index contributed by atoms with van der Waals surface area (Å²) >= 11 is 0. The molecule has 0 radical (unpaired) electrons. The predicted molar refractivity (Wildman–Crippen MR) is 90.9 cm³/mol. The van der Waals surface area contributed by atoms with Crippen LogP contribution in [0.4, 0.5) is 0 Å². The van der Waals surface area contributed by atoms with Gasteiger partial charge in [0.2, 0.25) is 0 Å². The van der Waals surface area contributed by atoms with Gasteiger partial charge in [0.05, 0.1) is 6.61 Å². The molecule has 0 amide bonds. The molecule has 0 bridgehead atoms. The van der Waals surface area contributed by atoms with E-state index in [1.54, 1.807) is 0 Å². The fraction of sp³-hybridized carbons (Fsp3) is 0.632. The van der Waals surface area contributed by atoms with Crippen molar-refractivity contribution in [3.05, 3.63) is 29.3 Å². The lowest BCUT2D eigenvalue weighted by molar-refractivity contribution is 0.0895. The Kier molecular flexibility index (Phi) is 5.63. The average molecular weight is 303 g/mol. The molecular formula is C19H29NO2. The lowest BCUT2D eigenvalue weighted by Gasteiger charge is -2.25. The Morgan fingerprint density at radius 2 is 1.95 bits per heavy atom. The normalized spacial score (nSPS) is 16.5. The number of Topliss-reactive ketones (excluding diaryl/α,β-unsaturated/α-hetero) is 1. The molecule has 122 valence electrons. The van der Waals surface area contributed by atoms with Crippen molar-refractivity contribution in [2.75, 3.05) is 19.7 Å². The van der Waals surface area contributed by atoms with Gasteiger partial charge < -0.3 is 10.1 Å². The molecule has 0 aromatic heterocycles. The molecule has 0 spiro atoms. The highest BCUT2D eigenvalue weighted by molar-refractivity contribution is 5.98. The third-order valence-corrected chi connectivity index (χ3v) is 4.24. The van der Waals surface area contributed by atoms with E-state index < -0.39 is 0 Å². The zero-order valence-electron chi connectivity index (χ0n) is 14.4. The van der Waals surface area contributed by atoms with Crippen molar-refractivity contribution in [2.24, 2.45) is 5.92 Å². The van der Waals surface area contributed by atoms with Crippen LogP contribution in [0.25, 0.3) is 0 Å². The van der Waals surface area contributed by atoms with E-state index >= 15 is 0 Å². The van der Waals surface area contributed by atoms with Crippen LogP contribution >= 0.6 is 0 Å². The maximum Gasteiger partial charge on any atom is 0.166 e. The van der Waals surface area contributed by atoms with E-state index in [0.29, 0.717) is 6.61 Å². The van der Waals surface area contributed by atoms with Crippen LogP contribution in [0.5, 0.6) is 5.75 Å². The molecule has 1 aromatic rings. The highest BCUT2D eigenvalue weighted by atomic mass is 16.5. The van der Waals surface area contributed by atoms with E-state index in [1.165, 1.54) is 0 Å². The first-order valence-electron chi connectivity index (χ1n) is 8.45. The van der Waals surface area contributed by atoms with Crippen molar-refractivity contribution in [2.45, 2.75) is 52.4 Å². The molecule has 2 rings (SSSR count). The Labute approximate surface area is 134 Å². The first-order chi connectivity index (χ1) is 10.4. The van der Waals surface area contributed by atoms with Gasteiger partial charge in [-0.1, -0.05) is 27.7 Å². The zero-order chi connectivity index (χ0) is 16.2. The van der Waals surface area contributed by atoms with Gasteiger partial charge in [-0.2, -0.15) is 0 Å². The number of rotatable bonds is 5. The fourth-order valence-electron chi connectivity index (χ4n) is 2.93. The van der Waals surface area contributed by atoms with Crippen molar-refractivity contribution in [1.82, 2.24) is 5.32 Å². The summed E-state index contributed by atoms with van der Waals surface area (Å²) in [5, 5.41) is 3.32. The molecule has 1 heterocycles. The number of nitrogens with one attached hydrogen (secondary N) is 1. The van der Waals surface area contributed by atoms with E-state index in [4.69, 9.17) is 4.74 Å². The molecule has 0 unspecified atom stereocenters. The third-order valence-electron chi connectivity index (χ3n) is 4.24. The largest absolute Gasteiger partial charge is 0.493 e. The lowest BCUT2D eigenvalue weighted by atomic mass is 9.83. The molecule has 0 atom stereocenters. The van der Waals surface area contributed by atoms with E-state index in [9.17, 15) is 4.79 Å². The lowest BCUT2D eigenvalue weighted by Crippen LogP contribution is -2.32. The number of carbonyl (C=O) groups is 1. The molecule has 1 aliphatic rings. The van der Waals surface area contributed by atoms with Crippen LogP contribution in [0.3, 0.4) is 0 Å². The summed E-state index contributed by atoms with van der Waals surface area (Å²) in [7, 11) is 0. The molecule has 1 aromatic carbocycles. The Morgan fingerprint density at radius 3 is 2.55 bits per heavy atom. The molecule has 1 saturated heterocycles. The van der Waals surface area contributed by atoms with Crippen LogP contribution in [0, 0.1) is 5.92 Å². The van der Waals surface area contributed by atoms with E-state index in [-0.39, 0.29) is 17.1 Å². The standard InChI is InChI=1S/C19H29NO2/c1-5-12-22-17-7-6-15(13-16(17)19(2,3)4)18(21)14-8-10-20-11-9-14/h6-7,13-14,20H,5,8-12H2,1-4H3. The number of hydrogen-bond acceptors (Lipinski definition) is 3. The molecule has 0 aliphatic carbocycles. The van der Waals surface area contributed by atoms with E-state index in [1.807, 2.05) is 12.1 Å². The van der Waals surface area contributed by atoms with Gasteiger partial charge in [-0.25, -0.2) is 0 Å². The van der Waals surface area contributed by atoms with Gasteiger partial charge in [0.25, 0.3) is 0 Å². The van der Waals surface area contributed by atoms with E-state index in [0.717, 1.165) is 49.2 Å². The van der Waals surface area contributed by atoms with Crippen LogP contribution in [0.15, 0.2) is 18.2 Å². The summed E-state index contributed by atoms with van der Waals surface area (Å²) in [6.45, 7) is 11.2. The molecular weight excluding hydrogens is 274 g/mol. The van der Waals surface area contributed by atoms with Crippen molar-refractivity contribution in [1.29, 1.82) is 0 Å². The summed E-state index contributed by atoms with van der Waals surface area (Å²) in [5.74, 6) is 1.36. The minimum Gasteiger partial charge on any atom is -0.493 e. The summed E-state index contributed by atoms with van der Waals surface area (Å²) in [5.41, 5.74) is 1.93. The molecule has 0 saturated carbocycles. The van der Waals surface area contributed by atoms with E-state index in [2.05, 4.69) is 39.1 Å². The summed E-state index contributed by atoms with van der Waals surface area (Å²) in [4.78, 5) is 12.7. The van der Waals surface area contributed by atoms with Crippen LogP contribution in [0.1, 0.15) is 62.9 Å². The highest BCUT2D eigenvalue weighted by Gasteiger charge is 2.25. The van der Waals surface area contributed by atoms with Crippen LogP contribution < -0.4 is 10.1 Å². The van der Waals surface area contributed by atoms with Gasteiger partial charge in [0.15, 0.2) is 5.78 Å². The molecule has 1 aliphatic heterocycles. The summed E-state index contributed by atoms with van der Waals surface area (Å²) in [6, 6.07) is 5.96. The van der Waals surface area contributed by atoms with Gasteiger partial charge in [0, 0.05) is 17.0 Å². The Morgan fingerprint density at radius 1 is 1.27 bits per heavy atom. The number of ketones is 1. The minimum atomic E-state index is -0.0342. The minimum absolute atomic E-state index is 0.0342. The SMILES string of the molecule is CCCOc1ccc(C(=O)C2CCNCC2)cc1C(C)(C)C. The van der Waals surface area contributed by atoms with Crippen LogP contribution in [0.2, 0.25) is 0 Å². The first-order valence-corrected chi connectivity index (χ1v) is 8.45. The van der Waals surface area contributed by atoms with Crippen molar-refractivity contribution in [3.8, 4) is 5.75 Å². The van der Waals surface area contributed by atoms with Crippen LogP contribution in [-0.2, 0) is 5.41 Å². The second-order valence-corrected chi connectivity index (χ2v) is 7.20. The smallest absolute Gasteiger partial charge is 0.166 e. The van der Waals surface area contributed by atoms with Gasteiger partial charge in [-0.15, -0.1) is 0 Å². The third kappa shape index (κ3) is 4.10. The second-order valence-electron chi connectivity index (χ2n) is 7.20. The van der Waals surface area contributed by atoms with Crippen molar-refractivity contribution >= 4 is 5.78 Å². The first kappa shape index (κ1) is 17.0. The monoisotopic (exact) mass is 303 g/mol. The molecule has 3 heteroatoms. The molecule has 3 nitrogen and oxygen atoms in total. The predicted octanol–water partition coefficient (Wildman–Crippen LogP) is 3.96. The highest BCUT2D eigenvalue weighted by Crippen LogP contribution is 2.33. The van der Waals surface area contributed by atoms with Gasteiger partial charge in [-0.05, 0) is 56.0 Å². The van der Waals surface area contributed by atoms with Crippen molar-refractivity contribution < 1.29 is 9.53 Å². The number of carbonyl (C=O) groups excluding carboxylic acids is 1.